The quantitative estimate of drug-likeness (QED) is 0.216. The fourth-order valence-electron chi connectivity index (χ4n) is 5.67. The summed E-state index contributed by atoms with van der Waals surface area (Å²) in [4.78, 5) is 26.1. The standard InChI is InChI=1S/C30H30F2NO5/c1-36-26-10-8-20(9-11-26)27(34)18-33-14-12-21(13-15-33)28(19-33)37-30(35)38-29(22-4-2-6-24(31)16-22)23-5-3-7-25(32)17-23/h2-11,16-17,21,28-29H,12-15,18-19H2,1H3/q+1. The first kappa shape index (κ1) is 25.9. The van der Waals surface area contributed by atoms with E-state index >= 15 is 0 Å². The summed E-state index contributed by atoms with van der Waals surface area (Å²) in [6.45, 7) is 2.53. The van der Waals surface area contributed by atoms with Crippen LogP contribution in [0.1, 0.15) is 40.4 Å². The lowest BCUT2D eigenvalue weighted by Crippen LogP contribution is -2.65. The Morgan fingerprint density at radius 2 is 1.53 bits per heavy atom. The first-order valence-electron chi connectivity index (χ1n) is 12.7. The second kappa shape index (κ2) is 10.9. The molecule has 0 N–H and O–H groups in total. The number of carbonyl (C=O) groups excluding carboxylic acids is 2. The van der Waals surface area contributed by atoms with Crippen LogP contribution in [0.25, 0.3) is 0 Å². The Morgan fingerprint density at radius 3 is 2.08 bits per heavy atom. The van der Waals surface area contributed by atoms with Gasteiger partial charge in [0.15, 0.2) is 12.2 Å². The highest BCUT2D eigenvalue weighted by Gasteiger charge is 2.49. The van der Waals surface area contributed by atoms with E-state index in [1.165, 1.54) is 36.4 Å². The number of piperidine rings is 3. The van der Waals surface area contributed by atoms with Gasteiger partial charge in [-0.05, 0) is 48.5 Å². The number of hydrogen-bond acceptors (Lipinski definition) is 5. The maximum atomic E-state index is 14.0. The third-order valence-corrected chi connectivity index (χ3v) is 7.70. The van der Waals surface area contributed by atoms with E-state index in [2.05, 4.69) is 0 Å². The van der Waals surface area contributed by atoms with Crippen molar-refractivity contribution in [3.05, 3.63) is 101 Å². The fraction of sp³-hybridized carbons (Fsp3) is 0.333. The molecular formula is C30H30F2NO5+. The molecule has 0 spiro atoms. The van der Waals surface area contributed by atoms with Crippen molar-refractivity contribution in [2.75, 3.05) is 33.3 Å². The molecule has 198 valence electrons. The number of carbonyl (C=O) groups is 2. The first-order chi connectivity index (χ1) is 18.3. The van der Waals surface area contributed by atoms with Gasteiger partial charge < -0.3 is 18.7 Å². The van der Waals surface area contributed by atoms with E-state index in [1.54, 1.807) is 43.5 Å². The molecule has 38 heavy (non-hydrogen) atoms. The van der Waals surface area contributed by atoms with E-state index in [-0.39, 0.29) is 11.7 Å². The van der Waals surface area contributed by atoms with E-state index in [0.29, 0.717) is 40.0 Å². The Balaban J connectivity index is 1.28. The maximum Gasteiger partial charge on any atom is 0.509 e. The molecule has 3 aromatic carbocycles. The summed E-state index contributed by atoms with van der Waals surface area (Å²) in [5.74, 6) is -0.0846. The summed E-state index contributed by atoms with van der Waals surface area (Å²) < 4.78 is 45.1. The second-order valence-electron chi connectivity index (χ2n) is 10.1. The molecule has 3 aliphatic rings. The van der Waals surface area contributed by atoms with Crippen LogP contribution in [0.15, 0.2) is 72.8 Å². The highest BCUT2D eigenvalue weighted by molar-refractivity contribution is 5.97. The SMILES string of the molecule is COc1ccc(C(=O)C[N+]23CCC(CC2)C(OC(=O)OC(c2cccc(F)c2)c2cccc(F)c2)C3)cc1. The monoisotopic (exact) mass is 522 g/mol. The summed E-state index contributed by atoms with van der Waals surface area (Å²) >= 11 is 0. The van der Waals surface area contributed by atoms with Crippen molar-refractivity contribution in [3.63, 3.8) is 0 Å². The summed E-state index contributed by atoms with van der Waals surface area (Å²) in [6.07, 6.45) is -0.665. The van der Waals surface area contributed by atoms with Crippen LogP contribution in [-0.2, 0) is 9.47 Å². The van der Waals surface area contributed by atoms with Crippen LogP contribution in [0, 0.1) is 17.6 Å². The molecule has 2 bridgehead atoms. The largest absolute Gasteiger partial charge is 0.509 e. The number of methoxy groups -OCH3 is 1. The zero-order valence-electron chi connectivity index (χ0n) is 21.1. The molecule has 0 radical (unpaired) electrons. The molecule has 3 aliphatic heterocycles. The van der Waals surface area contributed by atoms with Gasteiger partial charge >= 0.3 is 6.16 Å². The Labute approximate surface area is 220 Å². The Hall–Kier alpha value is -3.78. The smallest absolute Gasteiger partial charge is 0.497 e. The summed E-state index contributed by atoms with van der Waals surface area (Å²) in [5.41, 5.74) is 1.36. The molecule has 1 unspecified atom stereocenters. The molecule has 3 fully saturated rings. The second-order valence-corrected chi connectivity index (χ2v) is 10.1. The number of hydrogen-bond donors (Lipinski definition) is 0. The van der Waals surface area contributed by atoms with Gasteiger partial charge in [0.25, 0.3) is 0 Å². The highest BCUT2D eigenvalue weighted by atomic mass is 19.1. The Morgan fingerprint density at radius 1 is 0.921 bits per heavy atom. The minimum atomic E-state index is -1.03. The predicted molar refractivity (Wildman–Crippen MR) is 136 cm³/mol. The Bertz CT molecular complexity index is 1260. The van der Waals surface area contributed by atoms with Crippen molar-refractivity contribution in [2.45, 2.75) is 25.0 Å². The zero-order chi connectivity index (χ0) is 26.7. The molecule has 6 rings (SSSR count). The van der Waals surface area contributed by atoms with Crippen LogP contribution in [0.3, 0.4) is 0 Å². The van der Waals surface area contributed by atoms with Gasteiger partial charge in [0.2, 0.25) is 5.78 Å². The van der Waals surface area contributed by atoms with Crippen molar-refractivity contribution < 1.29 is 37.1 Å². The molecule has 8 heteroatoms. The number of benzene rings is 3. The number of rotatable bonds is 8. The van der Waals surface area contributed by atoms with E-state index in [0.717, 1.165) is 25.9 Å². The average molecular weight is 523 g/mol. The average Bonchev–Trinajstić information content (AvgIpc) is 2.92. The molecule has 3 saturated heterocycles. The molecule has 0 aliphatic carbocycles. The number of halogens is 2. The van der Waals surface area contributed by atoms with Gasteiger partial charge in [0, 0.05) is 35.4 Å². The van der Waals surface area contributed by atoms with Crippen LogP contribution in [-0.4, -0.2) is 55.8 Å². The number of ketones is 1. The number of nitrogens with zero attached hydrogens (tertiary/aromatic N) is 1. The van der Waals surface area contributed by atoms with Gasteiger partial charge in [-0.25, -0.2) is 13.6 Å². The van der Waals surface area contributed by atoms with Crippen molar-refractivity contribution in [2.24, 2.45) is 5.92 Å². The van der Waals surface area contributed by atoms with Crippen molar-refractivity contribution in [1.29, 1.82) is 0 Å². The lowest BCUT2D eigenvalue weighted by Gasteiger charge is -2.51. The van der Waals surface area contributed by atoms with Gasteiger partial charge in [0.05, 0.1) is 20.2 Å². The van der Waals surface area contributed by atoms with Gasteiger partial charge in [-0.3, -0.25) is 4.79 Å². The van der Waals surface area contributed by atoms with Crippen molar-refractivity contribution in [3.8, 4) is 5.75 Å². The maximum absolute atomic E-state index is 14.0. The summed E-state index contributed by atoms with van der Waals surface area (Å²) in [5, 5.41) is 0. The van der Waals surface area contributed by atoms with Crippen LogP contribution >= 0.6 is 0 Å². The predicted octanol–water partition coefficient (Wildman–Crippen LogP) is 5.71. The summed E-state index contributed by atoms with van der Waals surface area (Å²) in [6, 6.07) is 18.4. The molecule has 3 heterocycles. The van der Waals surface area contributed by atoms with E-state index in [1.807, 2.05) is 0 Å². The molecule has 0 saturated carbocycles. The molecule has 6 nitrogen and oxygen atoms in total. The number of ether oxygens (including phenoxy) is 3. The molecule has 3 aromatic rings. The van der Waals surface area contributed by atoms with Crippen LogP contribution in [0.4, 0.5) is 13.6 Å². The van der Waals surface area contributed by atoms with E-state index < -0.39 is 30.0 Å². The normalized spacial score (nSPS) is 22.2. The van der Waals surface area contributed by atoms with Crippen LogP contribution in [0.2, 0.25) is 0 Å². The number of Topliss-reactive ketones (excluding diaryl/α,β-unsaturated/α-hetero) is 1. The third kappa shape index (κ3) is 5.70. The topological polar surface area (TPSA) is 61.8 Å². The molecule has 0 aromatic heterocycles. The molecule has 0 amide bonds. The lowest BCUT2D eigenvalue weighted by molar-refractivity contribution is -0.938. The van der Waals surface area contributed by atoms with E-state index in [4.69, 9.17) is 14.2 Å². The fourth-order valence-corrected chi connectivity index (χ4v) is 5.67. The minimum absolute atomic E-state index is 0.0339. The van der Waals surface area contributed by atoms with Crippen molar-refractivity contribution >= 4 is 11.9 Å². The third-order valence-electron chi connectivity index (χ3n) is 7.70. The number of fused-ring (bicyclic) bond motifs is 3. The first-order valence-corrected chi connectivity index (χ1v) is 12.7. The van der Waals surface area contributed by atoms with Gasteiger partial charge in [0.1, 0.15) is 30.5 Å². The lowest BCUT2D eigenvalue weighted by atomic mass is 9.83. The highest BCUT2D eigenvalue weighted by Crippen LogP contribution is 2.37. The van der Waals surface area contributed by atoms with Crippen molar-refractivity contribution in [1.82, 2.24) is 0 Å². The van der Waals surface area contributed by atoms with Gasteiger partial charge in [-0.2, -0.15) is 0 Å². The van der Waals surface area contributed by atoms with Crippen LogP contribution in [0.5, 0.6) is 5.75 Å². The van der Waals surface area contributed by atoms with Crippen LogP contribution < -0.4 is 4.74 Å². The van der Waals surface area contributed by atoms with E-state index in [9.17, 15) is 18.4 Å². The molecular weight excluding hydrogens is 492 g/mol. The van der Waals surface area contributed by atoms with Gasteiger partial charge in [-0.1, -0.05) is 24.3 Å². The number of quaternary nitrogens is 1. The minimum Gasteiger partial charge on any atom is -0.497 e. The Kier molecular flexibility index (Phi) is 7.42. The summed E-state index contributed by atoms with van der Waals surface area (Å²) in [7, 11) is 1.58. The van der Waals surface area contributed by atoms with Gasteiger partial charge in [-0.15, -0.1) is 0 Å². The molecule has 1 atom stereocenters. The zero-order valence-corrected chi connectivity index (χ0v) is 21.1.